The van der Waals surface area contributed by atoms with Gasteiger partial charge in [0.15, 0.2) is 5.60 Å². The lowest BCUT2D eigenvalue weighted by atomic mass is 9.72. The van der Waals surface area contributed by atoms with E-state index in [0.717, 1.165) is 24.0 Å². The Bertz CT molecular complexity index is 1440. The van der Waals surface area contributed by atoms with E-state index in [-0.39, 0.29) is 28.2 Å². The van der Waals surface area contributed by atoms with Crippen molar-refractivity contribution in [1.82, 2.24) is 0 Å². The average Bonchev–Trinajstić information content (AvgIpc) is 3.25. The topological polar surface area (TPSA) is 104 Å². The molecule has 0 aliphatic carbocycles. The fourth-order valence-corrected chi connectivity index (χ4v) is 7.16. The normalized spacial score (nSPS) is 13.8. The molecule has 0 radical (unpaired) electrons. The maximum Gasteiger partial charge on any atom is 0.340 e. The van der Waals surface area contributed by atoms with Crippen LogP contribution in [0.1, 0.15) is 113 Å². The Morgan fingerprint density at radius 3 is 1.68 bits per heavy atom. The lowest BCUT2D eigenvalue weighted by molar-refractivity contribution is 0.0238. The van der Waals surface area contributed by atoms with E-state index in [9.17, 15) is 24.9 Å². The van der Waals surface area contributed by atoms with Crippen molar-refractivity contribution in [3.63, 3.8) is 0 Å². The minimum atomic E-state index is -1.71. The van der Waals surface area contributed by atoms with Crippen LogP contribution in [0.15, 0.2) is 39.3 Å². The third kappa shape index (κ3) is 5.18. The molecule has 3 aromatic rings. The number of carbonyl (C=O) groups is 2. The first kappa shape index (κ1) is 31.1. The molecule has 0 atom stereocenters. The number of aryl methyl sites for hydroxylation is 2. The van der Waals surface area contributed by atoms with Crippen LogP contribution in [-0.4, -0.2) is 27.3 Å². The van der Waals surface area contributed by atoms with Crippen LogP contribution in [0.25, 0.3) is 0 Å². The van der Waals surface area contributed by atoms with Gasteiger partial charge in [0, 0.05) is 27.8 Å². The van der Waals surface area contributed by atoms with Gasteiger partial charge in [-0.2, -0.15) is 0 Å². The van der Waals surface area contributed by atoms with Crippen LogP contribution < -0.4 is 0 Å². The first-order chi connectivity index (χ1) is 19.6. The monoisotopic (exact) mass is 686 g/mol. The number of aromatic hydroxyl groups is 2. The summed E-state index contributed by atoms with van der Waals surface area (Å²) in [4.78, 5) is 26.4. The second-order valence-corrected chi connectivity index (χ2v) is 12.1. The van der Waals surface area contributed by atoms with E-state index in [1.165, 1.54) is 6.07 Å². The highest BCUT2D eigenvalue weighted by atomic mass is 79.9. The number of phenols is 2. The van der Waals surface area contributed by atoms with Gasteiger partial charge in [-0.1, -0.05) is 59.4 Å². The third-order valence-electron chi connectivity index (χ3n) is 7.75. The van der Waals surface area contributed by atoms with E-state index in [1.54, 1.807) is 12.1 Å². The highest BCUT2D eigenvalue weighted by Gasteiger charge is 2.54. The van der Waals surface area contributed by atoms with E-state index in [2.05, 4.69) is 31.9 Å². The number of phenolic OH excluding ortho intramolecular Hbond substituents is 2. The van der Waals surface area contributed by atoms with Gasteiger partial charge in [-0.15, -0.1) is 0 Å². The Morgan fingerprint density at radius 1 is 0.805 bits per heavy atom. The predicted octanol–water partition coefficient (Wildman–Crippen LogP) is 8.59. The number of fused-ring (bicyclic) bond motifs is 1. The van der Waals surface area contributed by atoms with Gasteiger partial charge >= 0.3 is 11.9 Å². The Balaban J connectivity index is 2.32. The summed E-state index contributed by atoms with van der Waals surface area (Å²) in [7, 11) is 0. The molecule has 0 unspecified atom stereocenters. The van der Waals surface area contributed by atoms with Crippen LogP contribution in [-0.2, 0) is 36.0 Å². The van der Waals surface area contributed by atoms with Gasteiger partial charge in [-0.25, -0.2) is 9.59 Å². The summed E-state index contributed by atoms with van der Waals surface area (Å²) < 4.78 is 7.62. The van der Waals surface area contributed by atoms with Crippen molar-refractivity contribution in [2.45, 2.75) is 84.7 Å². The van der Waals surface area contributed by atoms with Crippen LogP contribution in [0, 0.1) is 0 Å². The first-order valence-corrected chi connectivity index (χ1v) is 15.8. The van der Waals surface area contributed by atoms with Crippen molar-refractivity contribution >= 4 is 43.8 Å². The van der Waals surface area contributed by atoms with Crippen molar-refractivity contribution in [2.24, 2.45) is 0 Å². The van der Waals surface area contributed by atoms with Gasteiger partial charge in [-0.3, -0.25) is 0 Å². The van der Waals surface area contributed by atoms with Gasteiger partial charge in [0.25, 0.3) is 0 Å². The maximum absolute atomic E-state index is 13.7. The smallest absolute Gasteiger partial charge is 0.340 e. The molecule has 41 heavy (non-hydrogen) atoms. The quantitative estimate of drug-likeness (QED) is 0.175. The number of hydrogen-bond acceptors (Lipinski definition) is 5. The summed E-state index contributed by atoms with van der Waals surface area (Å²) in [6.45, 7) is 8.06. The Labute approximate surface area is 258 Å². The van der Waals surface area contributed by atoms with E-state index in [0.29, 0.717) is 69.7 Å². The van der Waals surface area contributed by atoms with E-state index in [4.69, 9.17) is 4.74 Å². The lowest BCUT2D eigenvalue weighted by Crippen LogP contribution is -2.34. The SMILES string of the molecule is CCCc1cc(C2(c3cc(CCC)c(Br)c(O)c3CCC)OC(=O)c3cccc(C(=O)O)c32)c(CCC)c(O)c1Br. The summed E-state index contributed by atoms with van der Waals surface area (Å²) in [5, 5.41) is 33.6. The zero-order valence-electron chi connectivity index (χ0n) is 23.9. The number of halogens is 2. The average molecular weight is 688 g/mol. The number of carboxylic acid groups (broad SMARTS) is 1. The molecule has 1 heterocycles. The first-order valence-electron chi connectivity index (χ1n) is 14.3. The molecule has 3 N–H and O–H groups in total. The summed E-state index contributed by atoms with van der Waals surface area (Å²) in [6, 6.07) is 8.49. The number of esters is 1. The molecule has 6 nitrogen and oxygen atoms in total. The largest absolute Gasteiger partial charge is 0.506 e. The molecule has 0 amide bonds. The van der Waals surface area contributed by atoms with E-state index < -0.39 is 17.5 Å². The van der Waals surface area contributed by atoms with Crippen molar-refractivity contribution in [2.75, 3.05) is 0 Å². The van der Waals surface area contributed by atoms with Crippen LogP contribution in [0.2, 0.25) is 0 Å². The third-order valence-corrected chi connectivity index (χ3v) is 9.52. The summed E-state index contributed by atoms with van der Waals surface area (Å²) >= 11 is 7.19. The van der Waals surface area contributed by atoms with Crippen molar-refractivity contribution in [1.29, 1.82) is 0 Å². The summed E-state index contributed by atoms with van der Waals surface area (Å²) in [5.41, 5.74) is 2.44. The Morgan fingerprint density at radius 2 is 1.27 bits per heavy atom. The fourth-order valence-electron chi connectivity index (χ4n) is 6.06. The van der Waals surface area contributed by atoms with Crippen LogP contribution in [0.3, 0.4) is 0 Å². The highest BCUT2D eigenvalue weighted by Crippen LogP contribution is 2.55. The second-order valence-electron chi connectivity index (χ2n) is 10.6. The molecule has 4 rings (SSSR count). The Kier molecular flexibility index (Phi) is 9.54. The van der Waals surface area contributed by atoms with Crippen molar-refractivity contribution < 1.29 is 29.6 Å². The lowest BCUT2D eigenvalue weighted by Gasteiger charge is -2.36. The molecule has 0 fully saturated rings. The number of carbonyl (C=O) groups excluding carboxylic acids is 1. The molecular formula is C33H36Br2O6. The number of ether oxygens (including phenoxy) is 1. The maximum atomic E-state index is 13.7. The van der Waals surface area contributed by atoms with Gasteiger partial charge < -0.3 is 20.1 Å². The molecule has 0 bridgehead atoms. The van der Waals surface area contributed by atoms with Gasteiger partial charge in [0.1, 0.15) is 11.5 Å². The standard InChI is InChI=1S/C33H36Br2O6/c1-5-10-18-16-24(20(12-7-3)29(36)27(18)34)33(26-22(31(38)39)14-9-15-23(26)32(40)41-33)25-17-19(11-6-2)28(35)30(37)21(25)13-8-4/h9,14-17,36-37H,5-8,10-13H2,1-4H3,(H,38,39). The van der Waals surface area contributed by atoms with E-state index in [1.807, 2.05) is 39.8 Å². The minimum absolute atomic E-state index is 0.0524. The molecule has 8 heteroatoms. The number of benzene rings is 3. The Hall–Kier alpha value is -2.84. The second kappa shape index (κ2) is 12.6. The molecule has 0 aromatic heterocycles. The zero-order chi connectivity index (χ0) is 30.1. The van der Waals surface area contributed by atoms with Crippen LogP contribution in [0.5, 0.6) is 11.5 Å². The molecular weight excluding hydrogens is 652 g/mol. The number of hydrogen-bond donors (Lipinski definition) is 3. The van der Waals surface area contributed by atoms with Crippen molar-refractivity contribution in [3.8, 4) is 11.5 Å². The van der Waals surface area contributed by atoms with Crippen LogP contribution in [0.4, 0.5) is 0 Å². The molecule has 1 aliphatic rings. The molecule has 1 aliphatic heterocycles. The van der Waals surface area contributed by atoms with Crippen molar-refractivity contribution in [3.05, 3.63) is 89.3 Å². The minimum Gasteiger partial charge on any atom is -0.506 e. The number of cyclic esters (lactones) is 1. The molecule has 218 valence electrons. The van der Waals surface area contributed by atoms with Crippen LogP contribution >= 0.6 is 31.9 Å². The van der Waals surface area contributed by atoms with Gasteiger partial charge in [-0.05, 0) is 92.9 Å². The zero-order valence-corrected chi connectivity index (χ0v) is 27.0. The number of aromatic carboxylic acids is 1. The number of rotatable bonds is 11. The fraction of sp³-hybridized carbons (Fsp3) is 0.394. The molecule has 0 spiro atoms. The van der Waals surface area contributed by atoms with Gasteiger partial charge in [0.2, 0.25) is 0 Å². The summed E-state index contributed by atoms with van der Waals surface area (Å²) in [6.07, 6.45) is 5.18. The highest BCUT2D eigenvalue weighted by molar-refractivity contribution is 9.11. The molecule has 3 aromatic carbocycles. The predicted molar refractivity (Wildman–Crippen MR) is 166 cm³/mol. The summed E-state index contributed by atoms with van der Waals surface area (Å²) in [5.74, 6) is -1.73. The molecule has 0 saturated carbocycles. The van der Waals surface area contributed by atoms with E-state index >= 15 is 0 Å². The van der Waals surface area contributed by atoms with Gasteiger partial charge in [0.05, 0.1) is 20.1 Å². The molecule has 0 saturated heterocycles. The number of carboxylic acids is 1.